The Morgan fingerprint density at radius 3 is 1.58 bits per heavy atom. The zero-order valence-corrected chi connectivity index (χ0v) is 8.93. The molecule has 1 heterocycles. The maximum absolute atomic E-state index is 4.84. The number of aromatic nitrogens is 1. The van der Waals surface area contributed by atoms with E-state index in [1.807, 2.05) is 20.8 Å². The number of aryl methyl sites for hydroxylation is 2. The lowest BCUT2D eigenvalue weighted by molar-refractivity contribution is 0.392. The van der Waals surface area contributed by atoms with Gasteiger partial charge >= 0.3 is 0 Å². The van der Waals surface area contributed by atoms with E-state index in [1.54, 1.807) is 0 Å². The Morgan fingerprint density at radius 2 is 1.50 bits per heavy atom. The molecule has 1 aromatic heterocycles. The van der Waals surface area contributed by atoms with E-state index in [0.29, 0.717) is 0 Å². The zero-order valence-electron chi connectivity index (χ0n) is 8.93. The summed E-state index contributed by atoms with van der Waals surface area (Å²) in [4.78, 5) is 0. The second-order valence-electron chi connectivity index (χ2n) is 3.68. The van der Waals surface area contributed by atoms with Gasteiger partial charge in [0.2, 0.25) is 0 Å². The highest BCUT2D eigenvalue weighted by Crippen LogP contribution is 2.08. The fourth-order valence-corrected chi connectivity index (χ4v) is 0.529. The zero-order chi connectivity index (χ0) is 9.72. The van der Waals surface area contributed by atoms with Crippen molar-refractivity contribution in [1.82, 2.24) is 5.16 Å². The third-order valence-corrected chi connectivity index (χ3v) is 1.39. The number of hydrogen-bond donors (Lipinski definition) is 0. The minimum absolute atomic E-state index is 0.833. The topological polar surface area (TPSA) is 26.0 Å². The van der Waals surface area contributed by atoms with Crippen molar-refractivity contribution in [1.29, 1.82) is 0 Å². The summed E-state index contributed by atoms with van der Waals surface area (Å²) in [5.74, 6) is 1.75. The van der Waals surface area contributed by atoms with Gasteiger partial charge in [0.1, 0.15) is 5.76 Å². The smallest absolute Gasteiger partial charge is 0.136 e. The van der Waals surface area contributed by atoms with Gasteiger partial charge in [-0.25, -0.2) is 0 Å². The summed E-state index contributed by atoms with van der Waals surface area (Å²) in [7, 11) is 0. The van der Waals surface area contributed by atoms with Crippen LogP contribution in [0.5, 0.6) is 0 Å². The molecule has 2 nitrogen and oxygen atoms in total. The van der Waals surface area contributed by atoms with Crippen LogP contribution in [0.25, 0.3) is 0 Å². The number of nitrogens with zero attached hydrogens (tertiary/aromatic N) is 1. The standard InChI is InChI=1S/C6H9NO.C4H10/c1-4-5(2)7-8-6(4)3;1-4(2)3/h1-3H3;4H,1-3H3. The average Bonchev–Trinajstić information content (AvgIpc) is 2.19. The van der Waals surface area contributed by atoms with Crippen molar-refractivity contribution in [2.24, 2.45) is 5.92 Å². The molecule has 0 saturated heterocycles. The van der Waals surface area contributed by atoms with E-state index >= 15 is 0 Å². The molecule has 0 N–H and O–H groups in total. The fourth-order valence-electron chi connectivity index (χ4n) is 0.529. The molecule has 0 saturated carbocycles. The van der Waals surface area contributed by atoms with Crippen LogP contribution in [0.15, 0.2) is 4.52 Å². The van der Waals surface area contributed by atoms with Gasteiger partial charge in [0.05, 0.1) is 5.69 Å². The highest BCUT2D eigenvalue weighted by Gasteiger charge is 1.99. The maximum atomic E-state index is 4.84. The Hall–Kier alpha value is -0.790. The molecule has 0 fully saturated rings. The lowest BCUT2D eigenvalue weighted by Gasteiger charge is -1.80. The van der Waals surface area contributed by atoms with Crippen LogP contribution in [0.1, 0.15) is 37.8 Å². The second kappa shape index (κ2) is 4.96. The van der Waals surface area contributed by atoms with Crippen LogP contribution in [0.2, 0.25) is 0 Å². The summed E-state index contributed by atoms with van der Waals surface area (Å²) in [5, 5.41) is 3.74. The normalized spacial score (nSPS) is 9.58. The lowest BCUT2D eigenvalue weighted by Crippen LogP contribution is -1.73. The van der Waals surface area contributed by atoms with Gasteiger partial charge in [-0.05, 0) is 26.7 Å². The molecule has 12 heavy (non-hydrogen) atoms. The summed E-state index contributed by atoms with van der Waals surface area (Å²) >= 11 is 0. The molecule has 1 rings (SSSR count). The van der Waals surface area contributed by atoms with E-state index in [2.05, 4.69) is 25.9 Å². The van der Waals surface area contributed by atoms with Gasteiger partial charge in [0.15, 0.2) is 0 Å². The predicted octanol–water partition coefficient (Wildman–Crippen LogP) is 3.26. The molecule has 0 radical (unpaired) electrons. The average molecular weight is 169 g/mol. The Labute approximate surface area is 75.0 Å². The summed E-state index contributed by atoms with van der Waals surface area (Å²) < 4.78 is 4.84. The molecule has 0 amide bonds. The van der Waals surface area contributed by atoms with Crippen LogP contribution >= 0.6 is 0 Å². The van der Waals surface area contributed by atoms with Gasteiger partial charge in [-0.3, -0.25) is 0 Å². The van der Waals surface area contributed by atoms with Crippen molar-refractivity contribution < 1.29 is 4.52 Å². The van der Waals surface area contributed by atoms with Gasteiger partial charge in [-0.15, -0.1) is 0 Å². The molecule has 0 aromatic carbocycles. The highest BCUT2D eigenvalue weighted by atomic mass is 16.5. The van der Waals surface area contributed by atoms with Crippen LogP contribution in [0, 0.1) is 26.7 Å². The summed E-state index contributed by atoms with van der Waals surface area (Å²) in [5.41, 5.74) is 2.15. The summed E-state index contributed by atoms with van der Waals surface area (Å²) in [6.45, 7) is 12.3. The van der Waals surface area contributed by atoms with Crippen LogP contribution < -0.4 is 0 Å². The SMILES string of the molecule is CC(C)C.Cc1noc(C)c1C. The molecular weight excluding hydrogens is 150 g/mol. The fraction of sp³-hybridized carbons (Fsp3) is 0.700. The van der Waals surface area contributed by atoms with E-state index in [-0.39, 0.29) is 0 Å². The summed E-state index contributed by atoms with van der Waals surface area (Å²) in [6, 6.07) is 0. The molecule has 0 spiro atoms. The second-order valence-corrected chi connectivity index (χ2v) is 3.68. The van der Waals surface area contributed by atoms with Crippen molar-refractivity contribution in [3.05, 3.63) is 17.0 Å². The number of hydrogen-bond acceptors (Lipinski definition) is 2. The van der Waals surface area contributed by atoms with Gasteiger partial charge < -0.3 is 4.52 Å². The molecule has 2 heteroatoms. The van der Waals surface area contributed by atoms with Gasteiger partial charge in [-0.1, -0.05) is 25.9 Å². The van der Waals surface area contributed by atoms with Crippen molar-refractivity contribution in [2.75, 3.05) is 0 Å². The third-order valence-electron chi connectivity index (χ3n) is 1.39. The van der Waals surface area contributed by atoms with Gasteiger partial charge in [0.25, 0.3) is 0 Å². The molecular formula is C10H19NO. The Balaban J connectivity index is 0.000000261. The molecule has 0 atom stereocenters. The Bertz CT molecular complexity index is 203. The maximum Gasteiger partial charge on any atom is 0.136 e. The molecule has 0 unspecified atom stereocenters. The summed E-state index contributed by atoms with van der Waals surface area (Å²) in [6.07, 6.45) is 0. The first-order chi connectivity index (χ1) is 5.45. The largest absolute Gasteiger partial charge is 0.361 e. The van der Waals surface area contributed by atoms with Crippen LogP contribution in [-0.2, 0) is 0 Å². The van der Waals surface area contributed by atoms with Crippen molar-refractivity contribution >= 4 is 0 Å². The van der Waals surface area contributed by atoms with Crippen molar-refractivity contribution in [3.8, 4) is 0 Å². The third kappa shape index (κ3) is 4.16. The van der Waals surface area contributed by atoms with E-state index in [9.17, 15) is 0 Å². The van der Waals surface area contributed by atoms with Crippen LogP contribution in [-0.4, -0.2) is 5.16 Å². The molecule has 0 aliphatic carbocycles. The Morgan fingerprint density at radius 1 is 1.08 bits per heavy atom. The Kier molecular flexibility index (Phi) is 4.64. The van der Waals surface area contributed by atoms with Gasteiger partial charge in [-0.2, -0.15) is 0 Å². The first-order valence-electron chi connectivity index (χ1n) is 4.34. The monoisotopic (exact) mass is 169 g/mol. The first-order valence-corrected chi connectivity index (χ1v) is 4.34. The van der Waals surface area contributed by atoms with E-state index < -0.39 is 0 Å². The van der Waals surface area contributed by atoms with E-state index in [4.69, 9.17) is 4.52 Å². The van der Waals surface area contributed by atoms with Crippen LogP contribution in [0.4, 0.5) is 0 Å². The van der Waals surface area contributed by atoms with E-state index in [0.717, 1.165) is 22.9 Å². The predicted molar refractivity (Wildman–Crippen MR) is 51.2 cm³/mol. The number of rotatable bonds is 0. The molecule has 0 aliphatic heterocycles. The molecule has 1 aromatic rings. The quantitative estimate of drug-likeness (QED) is 0.595. The highest BCUT2D eigenvalue weighted by molar-refractivity contribution is 5.17. The van der Waals surface area contributed by atoms with Gasteiger partial charge in [0, 0.05) is 5.56 Å². The lowest BCUT2D eigenvalue weighted by atomic mass is 10.2. The molecule has 0 bridgehead atoms. The first kappa shape index (κ1) is 11.2. The molecule has 70 valence electrons. The van der Waals surface area contributed by atoms with Crippen LogP contribution in [0.3, 0.4) is 0 Å². The minimum atomic E-state index is 0.833. The minimum Gasteiger partial charge on any atom is -0.361 e. The van der Waals surface area contributed by atoms with E-state index in [1.165, 1.54) is 0 Å². The molecule has 0 aliphatic rings. The van der Waals surface area contributed by atoms with Crippen molar-refractivity contribution in [2.45, 2.75) is 41.5 Å². The van der Waals surface area contributed by atoms with Crippen molar-refractivity contribution in [3.63, 3.8) is 0 Å².